The van der Waals surface area contributed by atoms with E-state index in [-0.39, 0.29) is 10.5 Å². The van der Waals surface area contributed by atoms with Crippen molar-refractivity contribution in [3.8, 4) is 0 Å². The molecule has 0 aliphatic rings. The molecule has 166 valence electrons. The van der Waals surface area contributed by atoms with Crippen LogP contribution in [0.5, 0.6) is 0 Å². The third-order valence-electron chi connectivity index (χ3n) is 4.48. The largest absolute Gasteiger partial charge is 0.449 e. The highest BCUT2D eigenvalue weighted by atomic mass is 32.2. The highest BCUT2D eigenvalue weighted by Crippen LogP contribution is 2.22. The molecule has 1 unspecified atom stereocenters. The molecule has 0 saturated carbocycles. The first-order valence-electron chi connectivity index (χ1n) is 9.54. The number of hydrogen-bond donors (Lipinski definition) is 3. The van der Waals surface area contributed by atoms with Crippen molar-refractivity contribution in [3.05, 3.63) is 59.2 Å². The van der Waals surface area contributed by atoms with E-state index in [2.05, 4.69) is 10.0 Å². The fourth-order valence-corrected chi connectivity index (χ4v) is 3.66. The molecule has 10 heteroatoms. The lowest BCUT2D eigenvalue weighted by Crippen LogP contribution is -2.44. The van der Waals surface area contributed by atoms with Gasteiger partial charge in [-0.2, -0.15) is 0 Å². The third-order valence-corrected chi connectivity index (χ3v) is 5.86. The van der Waals surface area contributed by atoms with Crippen LogP contribution in [0.2, 0.25) is 0 Å². The molecule has 2 aromatic rings. The molecule has 0 radical (unpaired) electrons. The molecule has 2 rings (SSSR count). The first kappa shape index (κ1) is 23.9. The molecule has 0 aliphatic heterocycles. The van der Waals surface area contributed by atoms with Crippen LogP contribution in [0, 0.1) is 13.8 Å². The molecule has 0 aliphatic carbocycles. The van der Waals surface area contributed by atoms with Crippen molar-refractivity contribution in [1.29, 1.82) is 0 Å². The van der Waals surface area contributed by atoms with Crippen molar-refractivity contribution >= 4 is 33.6 Å². The molecule has 2 aromatic carbocycles. The standard InChI is InChI=1S/C21H25N3O6S/c1-5-22-21(27)23-19(25)15(4)30-20(26)16-9-11-17(12-10-16)31(28,29)24-18-8-6-7-13(2)14(18)3/h6-12,15,24H,5H2,1-4H3,(H2,22,23,25,27). The summed E-state index contributed by atoms with van der Waals surface area (Å²) in [5.74, 6) is -1.61. The third kappa shape index (κ3) is 6.29. The predicted molar refractivity (Wildman–Crippen MR) is 115 cm³/mol. The normalized spacial score (nSPS) is 11.9. The number of aryl methyl sites for hydroxylation is 1. The number of carbonyl (C=O) groups excluding carboxylic acids is 3. The van der Waals surface area contributed by atoms with Crippen molar-refractivity contribution in [1.82, 2.24) is 10.6 Å². The van der Waals surface area contributed by atoms with E-state index in [9.17, 15) is 22.8 Å². The van der Waals surface area contributed by atoms with Gasteiger partial charge in [-0.05, 0) is 69.2 Å². The number of imide groups is 1. The van der Waals surface area contributed by atoms with Crippen LogP contribution in [-0.4, -0.2) is 39.0 Å². The number of benzene rings is 2. The smallest absolute Gasteiger partial charge is 0.338 e. The van der Waals surface area contributed by atoms with Gasteiger partial charge in [0.15, 0.2) is 6.10 Å². The minimum absolute atomic E-state index is 0.0352. The Hall–Kier alpha value is -3.40. The molecule has 3 N–H and O–H groups in total. The second kappa shape index (κ2) is 10.1. The van der Waals surface area contributed by atoms with Crippen LogP contribution >= 0.6 is 0 Å². The van der Waals surface area contributed by atoms with E-state index in [0.29, 0.717) is 12.2 Å². The first-order chi connectivity index (χ1) is 14.5. The Morgan fingerprint density at radius 1 is 1.03 bits per heavy atom. The molecule has 0 fully saturated rings. The summed E-state index contributed by atoms with van der Waals surface area (Å²) in [6.45, 7) is 7.04. The Labute approximate surface area is 181 Å². The average molecular weight is 448 g/mol. The number of nitrogens with one attached hydrogen (secondary N) is 3. The summed E-state index contributed by atoms with van der Waals surface area (Å²) in [5.41, 5.74) is 2.29. The summed E-state index contributed by atoms with van der Waals surface area (Å²) in [6, 6.07) is 9.71. The summed E-state index contributed by atoms with van der Waals surface area (Å²) in [4.78, 5) is 35.4. The van der Waals surface area contributed by atoms with Crippen LogP contribution in [-0.2, 0) is 19.6 Å². The van der Waals surface area contributed by atoms with Gasteiger partial charge in [-0.3, -0.25) is 14.8 Å². The van der Waals surface area contributed by atoms with E-state index >= 15 is 0 Å². The lowest BCUT2D eigenvalue weighted by atomic mass is 10.1. The molecule has 0 saturated heterocycles. The zero-order valence-corrected chi connectivity index (χ0v) is 18.5. The number of anilines is 1. The van der Waals surface area contributed by atoms with E-state index in [1.807, 2.05) is 25.2 Å². The lowest BCUT2D eigenvalue weighted by molar-refractivity contribution is -0.127. The summed E-state index contributed by atoms with van der Waals surface area (Å²) >= 11 is 0. The second-order valence-electron chi connectivity index (χ2n) is 6.77. The van der Waals surface area contributed by atoms with Crippen LogP contribution in [0.25, 0.3) is 0 Å². The van der Waals surface area contributed by atoms with Gasteiger partial charge in [-0.15, -0.1) is 0 Å². The maximum Gasteiger partial charge on any atom is 0.338 e. The Bertz CT molecular complexity index is 1080. The van der Waals surface area contributed by atoms with Crippen molar-refractivity contribution < 1.29 is 27.5 Å². The van der Waals surface area contributed by atoms with E-state index in [4.69, 9.17) is 4.74 Å². The zero-order valence-electron chi connectivity index (χ0n) is 17.7. The summed E-state index contributed by atoms with van der Waals surface area (Å²) < 4.78 is 32.9. The van der Waals surface area contributed by atoms with Gasteiger partial charge in [0.25, 0.3) is 15.9 Å². The molecule has 0 aromatic heterocycles. The van der Waals surface area contributed by atoms with Gasteiger partial charge in [0, 0.05) is 6.54 Å². The second-order valence-corrected chi connectivity index (χ2v) is 8.46. The Morgan fingerprint density at radius 2 is 1.68 bits per heavy atom. The Kier molecular flexibility index (Phi) is 7.76. The van der Waals surface area contributed by atoms with Gasteiger partial charge < -0.3 is 10.1 Å². The molecule has 9 nitrogen and oxygen atoms in total. The van der Waals surface area contributed by atoms with Gasteiger partial charge >= 0.3 is 12.0 Å². The van der Waals surface area contributed by atoms with Gasteiger partial charge in [0.05, 0.1) is 16.1 Å². The van der Waals surface area contributed by atoms with E-state index in [0.717, 1.165) is 11.1 Å². The van der Waals surface area contributed by atoms with Gasteiger partial charge in [-0.1, -0.05) is 12.1 Å². The van der Waals surface area contributed by atoms with Gasteiger partial charge in [-0.25, -0.2) is 18.0 Å². The number of ether oxygens (including phenoxy) is 1. The first-order valence-corrected chi connectivity index (χ1v) is 11.0. The number of carbonyl (C=O) groups is 3. The van der Waals surface area contributed by atoms with Crippen LogP contribution in [0.3, 0.4) is 0 Å². The SMILES string of the molecule is CCNC(=O)NC(=O)C(C)OC(=O)c1ccc(S(=O)(=O)Nc2cccc(C)c2C)cc1. The predicted octanol–water partition coefficient (Wildman–Crippen LogP) is 2.50. The van der Waals surface area contributed by atoms with Crippen molar-refractivity contribution in [2.75, 3.05) is 11.3 Å². The maximum absolute atomic E-state index is 12.7. The van der Waals surface area contributed by atoms with Gasteiger partial charge in [0.1, 0.15) is 0 Å². The number of urea groups is 1. The Morgan fingerprint density at radius 3 is 2.29 bits per heavy atom. The van der Waals surface area contributed by atoms with Crippen molar-refractivity contribution in [3.63, 3.8) is 0 Å². The number of sulfonamides is 1. The summed E-state index contributed by atoms with van der Waals surface area (Å²) in [6.07, 6.45) is -1.22. The minimum Gasteiger partial charge on any atom is -0.449 e. The number of rotatable bonds is 7. The maximum atomic E-state index is 12.7. The van der Waals surface area contributed by atoms with E-state index in [1.165, 1.54) is 31.2 Å². The number of hydrogen-bond acceptors (Lipinski definition) is 6. The quantitative estimate of drug-likeness (QED) is 0.559. The van der Waals surface area contributed by atoms with Crippen LogP contribution in [0.4, 0.5) is 10.5 Å². The molecule has 1 atom stereocenters. The van der Waals surface area contributed by atoms with Crippen LogP contribution in [0.15, 0.2) is 47.4 Å². The fourth-order valence-electron chi connectivity index (χ4n) is 2.54. The molecular formula is C21H25N3O6S. The molecule has 0 spiro atoms. The van der Waals surface area contributed by atoms with Crippen molar-refractivity contribution in [2.24, 2.45) is 0 Å². The van der Waals surface area contributed by atoms with E-state index < -0.39 is 34.0 Å². The minimum atomic E-state index is -3.86. The highest BCUT2D eigenvalue weighted by molar-refractivity contribution is 7.92. The molecule has 0 bridgehead atoms. The zero-order chi connectivity index (χ0) is 23.2. The fraction of sp³-hybridized carbons (Fsp3) is 0.286. The van der Waals surface area contributed by atoms with Crippen molar-refractivity contribution in [2.45, 2.75) is 38.7 Å². The summed E-state index contributed by atoms with van der Waals surface area (Å²) in [7, 11) is -3.86. The number of esters is 1. The topological polar surface area (TPSA) is 131 Å². The molecule has 31 heavy (non-hydrogen) atoms. The average Bonchev–Trinajstić information content (AvgIpc) is 2.71. The molecule has 3 amide bonds. The van der Waals surface area contributed by atoms with Crippen LogP contribution in [0.1, 0.15) is 35.3 Å². The van der Waals surface area contributed by atoms with Gasteiger partial charge in [0.2, 0.25) is 0 Å². The highest BCUT2D eigenvalue weighted by Gasteiger charge is 2.22. The molecule has 0 heterocycles. The monoisotopic (exact) mass is 447 g/mol. The lowest BCUT2D eigenvalue weighted by Gasteiger charge is -2.14. The van der Waals surface area contributed by atoms with E-state index in [1.54, 1.807) is 19.1 Å². The van der Waals surface area contributed by atoms with Crippen LogP contribution < -0.4 is 15.4 Å². The number of amides is 3. The summed E-state index contributed by atoms with van der Waals surface area (Å²) in [5, 5.41) is 4.43. The Balaban J connectivity index is 2.06. The molecular weight excluding hydrogens is 422 g/mol.